The maximum absolute atomic E-state index is 10.5. The lowest BCUT2D eigenvalue weighted by atomic mass is 10.1. The summed E-state index contributed by atoms with van der Waals surface area (Å²) in [4.78, 5) is 13.9. The molecular weight excluding hydrogens is 310 g/mol. The molecular formula is C18H23NO3S. The van der Waals surface area contributed by atoms with Crippen molar-refractivity contribution in [1.29, 1.82) is 0 Å². The molecule has 0 aliphatic rings. The minimum Gasteiger partial charge on any atom is -0.494 e. The van der Waals surface area contributed by atoms with E-state index < -0.39 is 5.97 Å². The molecule has 124 valence electrons. The summed E-state index contributed by atoms with van der Waals surface area (Å²) in [6.45, 7) is 2.05. The van der Waals surface area contributed by atoms with Gasteiger partial charge in [-0.15, -0.1) is 11.3 Å². The van der Waals surface area contributed by atoms with Gasteiger partial charge in [-0.25, -0.2) is 0 Å². The molecule has 0 saturated carbocycles. The van der Waals surface area contributed by atoms with Crippen molar-refractivity contribution >= 4 is 17.3 Å². The van der Waals surface area contributed by atoms with Gasteiger partial charge in [-0.05, 0) is 42.6 Å². The largest absolute Gasteiger partial charge is 0.494 e. The predicted molar refractivity (Wildman–Crippen MR) is 93.4 cm³/mol. The number of rotatable bonds is 10. The van der Waals surface area contributed by atoms with E-state index in [1.807, 2.05) is 24.1 Å². The van der Waals surface area contributed by atoms with E-state index in [1.165, 1.54) is 10.4 Å². The molecule has 1 heterocycles. The van der Waals surface area contributed by atoms with Gasteiger partial charge >= 0.3 is 5.97 Å². The Balaban J connectivity index is 1.65. The number of aliphatic carboxylic acids is 1. The van der Waals surface area contributed by atoms with Crippen LogP contribution in [0.15, 0.2) is 41.8 Å². The van der Waals surface area contributed by atoms with Crippen LogP contribution >= 0.6 is 11.3 Å². The Morgan fingerprint density at radius 3 is 2.65 bits per heavy atom. The molecule has 2 aromatic rings. The predicted octanol–water partition coefficient (Wildman–Crippen LogP) is 3.51. The van der Waals surface area contributed by atoms with Gasteiger partial charge in [0, 0.05) is 24.4 Å². The van der Waals surface area contributed by atoms with E-state index in [-0.39, 0.29) is 6.42 Å². The van der Waals surface area contributed by atoms with Crippen molar-refractivity contribution in [2.75, 3.05) is 26.7 Å². The second-order valence-corrected chi connectivity index (χ2v) is 6.58. The Morgan fingerprint density at radius 1 is 1.22 bits per heavy atom. The summed E-state index contributed by atoms with van der Waals surface area (Å²) in [5.74, 6) is 0.129. The first kappa shape index (κ1) is 17.5. The zero-order chi connectivity index (χ0) is 16.5. The number of carboxylic acids is 1. The fourth-order valence-corrected chi connectivity index (χ4v) is 2.98. The Hall–Kier alpha value is -1.85. The van der Waals surface area contributed by atoms with E-state index in [0.717, 1.165) is 25.1 Å². The van der Waals surface area contributed by atoms with Crippen LogP contribution < -0.4 is 4.74 Å². The fraction of sp³-hybridized carbons (Fsp3) is 0.389. The number of benzene rings is 1. The summed E-state index contributed by atoms with van der Waals surface area (Å²) in [7, 11) is 1.93. The summed E-state index contributed by atoms with van der Waals surface area (Å²) < 4.78 is 5.73. The number of thiophene rings is 1. The number of carbonyl (C=O) groups is 1. The molecule has 0 saturated heterocycles. The molecule has 0 atom stereocenters. The van der Waals surface area contributed by atoms with Crippen molar-refractivity contribution in [3.05, 3.63) is 52.2 Å². The summed E-state index contributed by atoms with van der Waals surface area (Å²) in [5.41, 5.74) is 1.29. The third-order valence-corrected chi connectivity index (χ3v) is 4.42. The van der Waals surface area contributed by atoms with Crippen LogP contribution in [0.2, 0.25) is 0 Å². The van der Waals surface area contributed by atoms with Gasteiger partial charge in [-0.2, -0.15) is 0 Å². The highest BCUT2D eigenvalue weighted by molar-refractivity contribution is 7.09. The molecule has 0 aliphatic carbocycles. The third kappa shape index (κ3) is 6.84. The maximum Gasteiger partial charge on any atom is 0.304 e. The molecule has 4 nitrogen and oxygen atoms in total. The highest BCUT2D eigenvalue weighted by Gasteiger charge is 2.03. The van der Waals surface area contributed by atoms with E-state index in [9.17, 15) is 4.79 Å². The van der Waals surface area contributed by atoms with Crippen molar-refractivity contribution < 1.29 is 14.6 Å². The maximum atomic E-state index is 10.5. The van der Waals surface area contributed by atoms with Crippen molar-refractivity contribution in [3.63, 3.8) is 0 Å². The van der Waals surface area contributed by atoms with E-state index in [1.54, 1.807) is 11.3 Å². The van der Waals surface area contributed by atoms with Crippen LogP contribution in [-0.2, 0) is 11.2 Å². The smallest absolute Gasteiger partial charge is 0.304 e. The molecule has 0 unspecified atom stereocenters. The first-order valence-electron chi connectivity index (χ1n) is 7.78. The quantitative estimate of drug-likeness (QED) is 0.676. The van der Waals surface area contributed by atoms with Gasteiger partial charge in [0.2, 0.25) is 0 Å². The molecule has 5 heteroatoms. The lowest BCUT2D eigenvalue weighted by Gasteiger charge is -2.15. The van der Waals surface area contributed by atoms with Crippen LogP contribution in [0.5, 0.6) is 5.75 Å². The highest BCUT2D eigenvalue weighted by Crippen LogP contribution is 2.18. The summed E-state index contributed by atoms with van der Waals surface area (Å²) in [6, 6.07) is 12.5. The van der Waals surface area contributed by atoms with Crippen molar-refractivity contribution in [1.82, 2.24) is 4.90 Å². The SMILES string of the molecule is CN(CCCOc1ccc(Cc2cccs2)cc1)CCC(=O)O. The normalized spacial score (nSPS) is 10.9. The molecule has 0 amide bonds. The van der Waals surface area contributed by atoms with Crippen molar-refractivity contribution in [2.24, 2.45) is 0 Å². The summed E-state index contributed by atoms with van der Waals surface area (Å²) >= 11 is 1.77. The van der Waals surface area contributed by atoms with E-state index in [4.69, 9.17) is 9.84 Å². The Kier molecular flexibility index (Phi) is 7.10. The average Bonchev–Trinajstić information content (AvgIpc) is 3.04. The average molecular weight is 333 g/mol. The van der Waals surface area contributed by atoms with E-state index in [0.29, 0.717) is 13.2 Å². The number of ether oxygens (including phenoxy) is 1. The van der Waals surface area contributed by atoms with Crippen LogP contribution in [0.25, 0.3) is 0 Å². The summed E-state index contributed by atoms with van der Waals surface area (Å²) in [6.07, 6.45) is 2.03. The van der Waals surface area contributed by atoms with Crippen molar-refractivity contribution in [3.8, 4) is 5.75 Å². The molecule has 1 aromatic heterocycles. The molecule has 0 fully saturated rings. The molecule has 0 spiro atoms. The number of hydrogen-bond donors (Lipinski definition) is 1. The van der Waals surface area contributed by atoms with Crippen LogP contribution in [0.1, 0.15) is 23.3 Å². The molecule has 2 rings (SSSR count). The lowest BCUT2D eigenvalue weighted by Crippen LogP contribution is -2.24. The van der Waals surface area contributed by atoms with Crippen LogP contribution in [0, 0.1) is 0 Å². The Labute approximate surface area is 141 Å². The van der Waals surface area contributed by atoms with Gasteiger partial charge < -0.3 is 14.7 Å². The van der Waals surface area contributed by atoms with Gasteiger partial charge in [0.05, 0.1) is 13.0 Å². The molecule has 23 heavy (non-hydrogen) atoms. The fourth-order valence-electron chi connectivity index (χ4n) is 2.24. The molecule has 1 N–H and O–H groups in total. The summed E-state index contributed by atoms with van der Waals surface area (Å²) in [5, 5.41) is 10.7. The highest BCUT2D eigenvalue weighted by atomic mass is 32.1. The minimum absolute atomic E-state index is 0.184. The van der Waals surface area contributed by atoms with Crippen LogP contribution in [-0.4, -0.2) is 42.7 Å². The van der Waals surface area contributed by atoms with Gasteiger partial charge in [0.15, 0.2) is 0 Å². The second-order valence-electron chi connectivity index (χ2n) is 5.55. The van der Waals surface area contributed by atoms with Crippen LogP contribution in [0.3, 0.4) is 0 Å². The van der Waals surface area contributed by atoms with E-state index >= 15 is 0 Å². The molecule has 1 aromatic carbocycles. The molecule has 0 radical (unpaired) electrons. The monoisotopic (exact) mass is 333 g/mol. The Bertz CT molecular complexity index is 581. The lowest BCUT2D eigenvalue weighted by molar-refractivity contribution is -0.137. The third-order valence-electron chi connectivity index (χ3n) is 3.54. The molecule has 0 aliphatic heterocycles. The zero-order valence-corrected chi connectivity index (χ0v) is 14.2. The second kappa shape index (κ2) is 9.33. The van der Waals surface area contributed by atoms with Gasteiger partial charge in [-0.1, -0.05) is 18.2 Å². The zero-order valence-electron chi connectivity index (χ0n) is 13.4. The number of nitrogens with zero attached hydrogens (tertiary/aromatic N) is 1. The van der Waals surface area contributed by atoms with Gasteiger partial charge in [0.25, 0.3) is 0 Å². The topological polar surface area (TPSA) is 49.8 Å². The number of hydrogen-bond acceptors (Lipinski definition) is 4. The van der Waals surface area contributed by atoms with Crippen LogP contribution in [0.4, 0.5) is 0 Å². The van der Waals surface area contributed by atoms with Crippen molar-refractivity contribution in [2.45, 2.75) is 19.3 Å². The first-order chi connectivity index (χ1) is 11.1. The Morgan fingerprint density at radius 2 is 2.00 bits per heavy atom. The standard InChI is InChI=1S/C18H23NO3S/c1-19(11-9-18(20)21)10-3-12-22-16-7-5-15(6-8-16)14-17-4-2-13-23-17/h2,4-8,13H,3,9-12,14H2,1H3,(H,20,21). The van der Waals surface area contributed by atoms with Gasteiger partial charge in [-0.3, -0.25) is 4.79 Å². The van der Waals surface area contributed by atoms with E-state index in [2.05, 4.69) is 29.6 Å². The molecule has 0 bridgehead atoms. The van der Waals surface area contributed by atoms with Gasteiger partial charge in [0.1, 0.15) is 5.75 Å². The minimum atomic E-state index is -0.754. The number of carboxylic acid groups (broad SMARTS) is 1. The first-order valence-corrected chi connectivity index (χ1v) is 8.66.